The van der Waals surface area contributed by atoms with Crippen molar-refractivity contribution in [3.8, 4) is 34.2 Å². The lowest BCUT2D eigenvalue weighted by molar-refractivity contribution is -0.111. The number of carbonyl (C=O) groups is 2. The molecule has 202 valence electrons. The third-order valence-corrected chi connectivity index (χ3v) is 7.40. The highest BCUT2D eigenvalue weighted by molar-refractivity contribution is 6.11. The molecule has 9 heteroatoms. The van der Waals surface area contributed by atoms with Gasteiger partial charge in [-0.2, -0.15) is 5.26 Å². The Labute approximate surface area is 232 Å². The minimum atomic E-state index is -0.306. The second kappa shape index (κ2) is 10.9. The van der Waals surface area contributed by atoms with Crippen molar-refractivity contribution >= 4 is 34.2 Å². The molecule has 2 amide bonds. The predicted octanol–water partition coefficient (Wildman–Crippen LogP) is 5.17. The van der Waals surface area contributed by atoms with Crippen molar-refractivity contribution in [2.24, 2.45) is 7.05 Å². The number of fused-ring (bicyclic) bond motifs is 1. The molecular weight excluding hydrogens is 504 g/mol. The molecule has 2 aromatic heterocycles. The number of rotatable bonds is 7. The largest absolute Gasteiger partial charge is 0.496 e. The number of amides is 2. The van der Waals surface area contributed by atoms with Crippen molar-refractivity contribution in [3.05, 3.63) is 72.4 Å². The zero-order valence-corrected chi connectivity index (χ0v) is 22.5. The summed E-state index contributed by atoms with van der Waals surface area (Å²) in [6.07, 6.45) is 6.87. The molecule has 0 unspecified atom stereocenters. The Morgan fingerprint density at radius 2 is 1.88 bits per heavy atom. The van der Waals surface area contributed by atoms with E-state index in [0.717, 1.165) is 48.1 Å². The van der Waals surface area contributed by atoms with Gasteiger partial charge in [-0.05, 0) is 54.3 Å². The molecule has 0 spiro atoms. The second-order valence-corrected chi connectivity index (χ2v) is 9.82. The molecule has 0 bridgehead atoms. The standard InChI is InChI=1S/C31H30N6O3/c1-4-25(38)35-22-12-9-18(10-13-22)28-26(27-29(37(28)2)20(16-32)17-34-30(27)33)19-11-14-23(24(15-19)40-3)31(39)36-21-7-5-6-8-21/h4,9-15,17,21H,1,5-8H2,2-3H3,(H2,33,34)(H,35,38)(H,36,39). The molecule has 0 saturated heterocycles. The number of anilines is 2. The zero-order valence-electron chi connectivity index (χ0n) is 22.5. The van der Waals surface area contributed by atoms with E-state index in [9.17, 15) is 14.9 Å². The number of hydrogen-bond donors (Lipinski definition) is 3. The summed E-state index contributed by atoms with van der Waals surface area (Å²) in [5.41, 5.74) is 11.6. The third-order valence-electron chi connectivity index (χ3n) is 7.40. The lowest BCUT2D eigenvalue weighted by atomic mass is 9.96. The van der Waals surface area contributed by atoms with Crippen LogP contribution in [0.2, 0.25) is 0 Å². The predicted molar refractivity (Wildman–Crippen MR) is 156 cm³/mol. The van der Waals surface area contributed by atoms with E-state index in [2.05, 4.69) is 28.3 Å². The maximum Gasteiger partial charge on any atom is 0.255 e. The van der Waals surface area contributed by atoms with Crippen LogP contribution in [0.4, 0.5) is 11.5 Å². The van der Waals surface area contributed by atoms with Crippen molar-refractivity contribution < 1.29 is 14.3 Å². The number of benzene rings is 2. The van der Waals surface area contributed by atoms with E-state index in [1.165, 1.54) is 19.4 Å². The van der Waals surface area contributed by atoms with Gasteiger partial charge in [-0.3, -0.25) is 9.59 Å². The maximum absolute atomic E-state index is 13.1. The van der Waals surface area contributed by atoms with E-state index in [1.807, 2.05) is 35.9 Å². The van der Waals surface area contributed by atoms with Crippen LogP contribution in [0.25, 0.3) is 33.3 Å². The van der Waals surface area contributed by atoms with Gasteiger partial charge in [-0.1, -0.05) is 37.6 Å². The van der Waals surface area contributed by atoms with Crippen LogP contribution in [0.3, 0.4) is 0 Å². The highest BCUT2D eigenvalue weighted by atomic mass is 16.5. The quantitative estimate of drug-likeness (QED) is 0.280. The first-order valence-corrected chi connectivity index (χ1v) is 13.1. The van der Waals surface area contributed by atoms with Gasteiger partial charge < -0.3 is 25.7 Å². The number of pyridine rings is 1. The molecule has 2 heterocycles. The molecule has 1 aliphatic carbocycles. The monoisotopic (exact) mass is 534 g/mol. The summed E-state index contributed by atoms with van der Waals surface area (Å²) in [6, 6.07) is 15.2. The number of methoxy groups -OCH3 is 1. The number of aromatic nitrogens is 2. The molecule has 0 atom stereocenters. The molecule has 9 nitrogen and oxygen atoms in total. The minimum Gasteiger partial charge on any atom is -0.496 e. The summed E-state index contributed by atoms with van der Waals surface area (Å²) >= 11 is 0. The van der Waals surface area contributed by atoms with E-state index in [-0.39, 0.29) is 23.7 Å². The van der Waals surface area contributed by atoms with Crippen molar-refractivity contribution in [1.29, 1.82) is 5.26 Å². The fourth-order valence-electron chi connectivity index (χ4n) is 5.48. The van der Waals surface area contributed by atoms with Gasteiger partial charge in [0.25, 0.3) is 5.91 Å². The summed E-state index contributed by atoms with van der Waals surface area (Å²) in [5.74, 6) is 0.238. The Kier molecular flexibility index (Phi) is 7.25. The average Bonchev–Trinajstić information content (AvgIpc) is 3.59. The molecule has 1 fully saturated rings. The summed E-state index contributed by atoms with van der Waals surface area (Å²) in [4.78, 5) is 29.2. The van der Waals surface area contributed by atoms with Gasteiger partial charge >= 0.3 is 0 Å². The highest BCUT2D eigenvalue weighted by Crippen LogP contribution is 2.44. The van der Waals surface area contributed by atoms with E-state index in [0.29, 0.717) is 33.5 Å². The van der Waals surface area contributed by atoms with E-state index >= 15 is 0 Å². The lowest BCUT2D eigenvalue weighted by Gasteiger charge is -2.16. The fraction of sp³-hybridized carbons (Fsp3) is 0.226. The van der Waals surface area contributed by atoms with Crippen molar-refractivity contribution in [1.82, 2.24) is 14.9 Å². The molecule has 2 aromatic carbocycles. The van der Waals surface area contributed by atoms with Crippen LogP contribution in [0.5, 0.6) is 5.75 Å². The molecule has 1 aliphatic rings. The van der Waals surface area contributed by atoms with Crippen LogP contribution in [0.1, 0.15) is 41.6 Å². The fourth-order valence-corrected chi connectivity index (χ4v) is 5.48. The van der Waals surface area contributed by atoms with Crippen molar-refractivity contribution in [2.75, 3.05) is 18.2 Å². The van der Waals surface area contributed by atoms with Gasteiger partial charge in [0.05, 0.1) is 34.8 Å². The normalized spacial score (nSPS) is 13.1. The third kappa shape index (κ3) is 4.76. The molecule has 5 rings (SSSR count). The average molecular weight is 535 g/mol. The number of nitriles is 1. The number of ether oxygens (including phenoxy) is 1. The van der Waals surface area contributed by atoms with Crippen LogP contribution in [-0.2, 0) is 11.8 Å². The summed E-state index contributed by atoms with van der Waals surface area (Å²) in [5, 5.41) is 16.4. The summed E-state index contributed by atoms with van der Waals surface area (Å²) in [7, 11) is 3.41. The Morgan fingerprint density at radius 3 is 2.52 bits per heavy atom. The van der Waals surface area contributed by atoms with Gasteiger partial charge in [-0.15, -0.1) is 0 Å². The number of nitrogen functional groups attached to an aromatic ring is 1. The van der Waals surface area contributed by atoms with Gasteiger partial charge in [-0.25, -0.2) is 4.98 Å². The summed E-state index contributed by atoms with van der Waals surface area (Å²) < 4.78 is 7.60. The van der Waals surface area contributed by atoms with Gasteiger partial charge in [0, 0.05) is 30.5 Å². The first kappa shape index (κ1) is 26.5. The molecule has 0 radical (unpaired) electrons. The Hall–Kier alpha value is -5.10. The summed E-state index contributed by atoms with van der Waals surface area (Å²) in [6.45, 7) is 3.49. The minimum absolute atomic E-state index is 0.168. The van der Waals surface area contributed by atoms with Crippen LogP contribution in [0, 0.1) is 11.3 Å². The Balaban J connectivity index is 1.68. The molecule has 40 heavy (non-hydrogen) atoms. The van der Waals surface area contributed by atoms with Crippen LogP contribution < -0.4 is 21.1 Å². The number of nitrogens with zero attached hydrogens (tertiary/aromatic N) is 3. The molecule has 4 N–H and O–H groups in total. The lowest BCUT2D eigenvalue weighted by Crippen LogP contribution is -2.32. The number of carbonyl (C=O) groups excluding carboxylic acids is 2. The highest BCUT2D eigenvalue weighted by Gasteiger charge is 2.25. The van der Waals surface area contributed by atoms with Crippen molar-refractivity contribution in [3.63, 3.8) is 0 Å². The van der Waals surface area contributed by atoms with Crippen LogP contribution >= 0.6 is 0 Å². The maximum atomic E-state index is 13.1. The van der Waals surface area contributed by atoms with Crippen LogP contribution in [0.15, 0.2) is 61.3 Å². The SMILES string of the molecule is C=CC(=O)Nc1ccc(-c2c(-c3ccc(C(=O)NC4CCCC4)c(OC)c3)c3c(N)ncc(C#N)c3n2C)cc1. The Morgan fingerprint density at radius 1 is 1.18 bits per heavy atom. The van der Waals surface area contributed by atoms with Gasteiger partial charge in [0.2, 0.25) is 5.91 Å². The van der Waals surface area contributed by atoms with E-state index in [4.69, 9.17) is 10.5 Å². The van der Waals surface area contributed by atoms with Crippen LogP contribution in [-0.4, -0.2) is 34.5 Å². The number of nitrogens with two attached hydrogens (primary N) is 1. The molecule has 0 aliphatic heterocycles. The number of nitrogens with one attached hydrogen (secondary N) is 2. The first-order chi connectivity index (χ1) is 19.4. The zero-order chi connectivity index (χ0) is 28.4. The van der Waals surface area contributed by atoms with Gasteiger partial charge in [0.15, 0.2) is 0 Å². The smallest absolute Gasteiger partial charge is 0.255 e. The number of aryl methyl sites for hydroxylation is 1. The van der Waals surface area contributed by atoms with E-state index < -0.39 is 0 Å². The molecular formula is C31H30N6O3. The molecule has 1 saturated carbocycles. The Bertz CT molecular complexity index is 1670. The van der Waals surface area contributed by atoms with E-state index in [1.54, 1.807) is 18.2 Å². The van der Waals surface area contributed by atoms with Gasteiger partial charge in [0.1, 0.15) is 17.6 Å². The first-order valence-electron chi connectivity index (χ1n) is 13.1. The van der Waals surface area contributed by atoms with Crippen molar-refractivity contribution in [2.45, 2.75) is 31.7 Å². The number of hydrogen-bond acceptors (Lipinski definition) is 6. The topological polar surface area (TPSA) is 135 Å². The second-order valence-electron chi connectivity index (χ2n) is 9.82. The molecule has 4 aromatic rings.